The Bertz CT molecular complexity index is 424. The van der Waals surface area contributed by atoms with Crippen molar-refractivity contribution in [1.29, 1.82) is 0 Å². The van der Waals surface area contributed by atoms with Gasteiger partial charge in [0.2, 0.25) is 0 Å². The Kier molecular flexibility index (Phi) is 4.97. The predicted octanol–water partition coefficient (Wildman–Crippen LogP) is 3.06. The first kappa shape index (κ1) is 15.5. The Morgan fingerprint density at radius 2 is 2.21 bits per heavy atom. The molecule has 0 saturated heterocycles. The first-order valence-corrected chi connectivity index (χ1v) is 6.20. The highest BCUT2D eigenvalue weighted by Gasteiger charge is 2.42. The molecule has 0 heterocycles. The van der Waals surface area contributed by atoms with Crippen molar-refractivity contribution < 1.29 is 23.1 Å². The maximum Gasteiger partial charge on any atom is 0.377 e. The lowest BCUT2D eigenvalue weighted by Gasteiger charge is -2.24. The number of alkyl halides is 2. The molecule has 1 rings (SSSR count). The van der Waals surface area contributed by atoms with Gasteiger partial charge >= 0.3 is 11.9 Å². The number of esters is 1. The third kappa shape index (κ3) is 3.98. The van der Waals surface area contributed by atoms with Gasteiger partial charge in [0.15, 0.2) is 5.78 Å². The van der Waals surface area contributed by atoms with Gasteiger partial charge in [-0.1, -0.05) is 18.2 Å². The number of Topliss-reactive ketones (excluding diaryl/α,β-unsaturated/α-hetero) is 1. The van der Waals surface area contributed by atoms with E-state index in [9.17, 15) is 18.4 Å². The van der Waals surface area contributed by atoms with Crippen LogP contribution >= 0.6 is 0 Å². The van der Waals surface area contributed by atoms with Crippen LogP contribution in [0.4, 0.5) is 8.78 Å². The molecule has 0 bridgehead atoms. The summed E-state index contributed by atoms with van der Waals surface area (Å²) in [6, 6.07) is 0. The van der Waals surface area contributed by atoms with Gasteiger partial charge in [-0.15, -0.1) is 0 Å². The average Bonchev–Trinajstić information content (AvgIpc) is 2.32. The van der Waals surface area contributed by atoms with Crippen molar-refractivity contribution in [2.75, 3.05) is 6.61 Å². The van der Waals surface area contributed by atoms with Crippen LogP contribution in [-0.2, 0) is 14.3 Å². The fourth-order valence-corrected chi connectivity index (χ4v) is 1.95. The highest BCUT2D eigenvalue weighted by Crippen LogP contribution is 2.33. The molecule has 0 N–H and O–H groups in total. The van der Waals surface area contributed by atoms with Crippen LogP contribution in [0.1, 0.15) is 33.1 Å². The lowest BCUT2D eigenvalue weighted by atomic mass is 9.82. The second-order valence-corrected chi connectivity index (χ2v) is 4.71. The van der Waals surface area contributed by atoms with Crippen molar-refractivity contribution in [2.45, 2.75) is 39.0 Å². The first-order valence-electron chi connectivity index (χ1n) is 6.20. The Balaban J connectivity index is 2.65. The standard InChI is InChI=1S/C14H18F2O3/c1-4-19-13(18)14(15,16)8-10(3)11-6-5-9(2)12(17)7-11/h5,11H,3-4,6-8H2,1-2H3/t11-/m0/s1. The van der Waals surface area contributed by atoms with E-state index in [-0.39, 0.29) is 30.3 Å². The van der Waals surface area contributed by atoms with Crippen molar-refractivity contribution in [1.82, 2.24) is 0 Å². The van der Waals surface area contributed by atoms with Gasteiger partial charge < -0.3 is 4.74 Å². The summed E-state index contributed by atoms with van der Waals surface area (Å²) in [5.74, 6) is -5.50. The largest absolute Gasteiger partial charge is 0.462 e. The average molecular weight is 272 g/mol. The van der Waals surface area contributed by atoms with Gasteiger partial charge in [0.05, 0.1) is 6.61 Å². The van der Waals surface area contributed by atoms with Gasteiger partial charge in [-0.05, 0) is 31.8 Å². The summed E-state index contributed by atoms with van der Waals surface area (Å²) < 4.78 is 31.4. The molecule has 0 saturated carbocycles. The van der Waals surface area contributed by atoms with Crippen LogP contribution in [0.25, 0.3) is 0 Å². The molecule has 0 radical (unpaired) electrons. The van der Waals surface area contributed by atoms with Crippen LogP contribution in [0, 0.1) is 5.92 Å². The second kappa shape index (κ2) is 6.08. The molecule has 0 fully saturated rings. The number of ether oxygens (including phenoxy) is 1. The van der Waals surface area contributed by atoms with Crippen LogP contribution < -0.4 is 0 Å². The third-order valence-electron chi connectivity index (χ3n) is 3.18. The minimum absolute atomic E-state index is 0.0585. The van der Waals surface area contributed by atoms with E-state index in [0.717, 1.165) is 0 Å². The fraction of sp³-hybridized carbons (Fsp3) is 0.571. The van der Waals surface area contributed by atoms with Crippen molar-refractivity contribution in [3.63, 3.8) is 0 Å². The summed E-state index contributed by atoms with van der Waals surface area (Å²) in [6.07, 6.45) is 1.65. The quantitative estimate of drug-likeness (QED) is 0.570. The second-order valence-electron chi connectivity index (χ2n) is 4.71. The maximum absolute atomic E-state index is 13.5. The molecule has 1 atom stereocenters. The molecule has 0 aromatic heterocycles. The summed E-state index contributed by atoms with van der Waals surface area (Å²) in [6.45, 7) is 6.68. The molecule has 0 aromatic carbocycles. The number of ketones is 1. The van der Waals surface area contributed by atoms with Crippen molar-refractivity contribution >= 4 is 11.8 Å². The van der Waals surface area contributed by atoms with E-state index >= 15 is 0 Å². The molecule has 0 aliphatic heterocycles. The Hall–Kier alpha value is -1.52. The minimum atomic E-state index is -3.58. The Labute approximate surface area is 111 Å². The van der Waals surface area contributed by atoms with E-state index < -0.39 is 18.3 Å². The maximum atomic E-state index is 13.5. The van der Waals surface area contributed by atoms with Gasteiger partial charge in [0.25, 0.3) is 0 Å². The Morgan fingerprint density at radius 3 is 2.74 bits per heavy atom. The molecule has 0 unspecified atom stereocenters. The number of allylic oxidation sites excluding steroid dienone is 3. The van der Waals surface area contributed by atoms with Gasteiger partial charge in [-0.25, -0.2) is 4.79 Å². The van der Waals surface area contributed by atoms with E-state index in [1.54, 1.807) is 13.0 Å². The normalized spacial score (nSPS) is 19.9. The zero-order valence-electron chi connectivity index (χ0n) is 11.2. The zero-order chi connectivity index (χ0) is 14.6. The van der Waals surface area contributed by atoms with E-state index in [2.05, 4.69) is 11.3 Å². The highest BCUT2D eigenvalue weighted by molar-refractivity contribution is 5.95. The van der Waals surface area contributed by atoms with Crippen molar-refractivity contribution in [3.05, 3.63) is 23.8 Å². The SMILES string of the molecule is C=C(CC(F)(F)C(=O)OCC)[C@H]1CC=C(C)C(=O)C1. The molecule has 1 aliphatic rings. The predicted molar refractivity (Wildman–Crippen MR) is 66.8 cm³/mol. The number of hydrogen-bond donors (Lipinski definition) is 0. The smallest absolute Gasteiger partial charge is 0.377 e. The van der Waals surface area contributed by atoms with E-state index in [1.807, 2.05) is 0 Å². The molecule has 0 spiro atoms. The van der Waals surface area contributed by atoms with Crippen LogP contribution in [0.2, 0.25) is 0 Å². The molecule has 106 valence electrons. The van der Waals surface area contributed by atoms with E-state index in [4.69, 9.17) is 0 Å². The molecule has 0 aromatic rings. The number of rotatable bonds is 5. The molecule has 0 amide bonds. The minimum Gasteiger partial charge on any atom is -0.462 e. The molecule has 19 heavy (non-hydrogen) atoms. The molecular formula is C14H18F2O3. The number of halogens is 2. The third-order valence-corrected chi connectivity index (χ3v) is 3.18. The van der Waals surface area contributed by atoms with Crippen LogP contribution in [0.5, 0.6) is 0 Å². The van der Waals surface area contributed by atoms with Gasteiger partial charge in [0, 0.05) is 12.8 Å². The summed E-state index contributed by atoms with van der Waals surface area (Å²) in [4.78, 5) is 22.6. The topological polar surface area (TPSA) is 43.4 Å². The lowest BCUT2D eigenvalue weighted by molar-refractivity contribution is -0.171. The lowest BCUT2D eigenvalue weighted by Crippen LogP contribution is -2.32. The van der Waals surface area contributed by atoms with Crippen molar-refractivity contribution in [3.8, 4) is 0 Å². The zero-order valence-corrected chi connectivity index (χ0v) is 11.2. The fourth-order valence-electron chi connectivity index (χ4n) is 1.95. The van der Waals surface area contributed by atoms with Crippen LogP contribution in [-0.4, -0.2) is 24.3 Å². The summed E-state index contributed by atoms with van der Waals surface area (Å²) in [5.41, 5.74) is 0.872. The van der Waals surface area contributed by atoms with Crippen LogP contribution in [0.3, 0.4) is 0 Å². The van der Waals surface area contributed by atoms with Gasteiger partial charge in [0.1, 0.15) is 0 Å². The molecule has 3 nitrogen and oxygen atoms in total. The number of carbonyl (C=O) groups is 2. The number of carbonyl (C=O) groups excluding carboxylic acids is 2. The van der Waals surface area contributed by atoms with Crippen LogP contribution in [0.15, 0.2) is 23.8 Å². The molecule has 1 aliphatic carbocycles. The monoisotopic (exact) mass is 272 g/mol. The highest BCUT2D eigenvalue weighted by atomic mass is 19.3. The Morgan fingerprint density at radius 1 is 1.58 bits per heavy atom. The van der Waals surface area contributed by atoms with E-state index in [0.29, 0.717) is 12.0 Å². The van der Waals surface area contributed by atoms with E-state index in [1.165, 1.54) is 6.92 Å². The summed E-state index contributed by atoms with van der Waals surface area (Å²) in [5, 5.41) is 0. The van der Waals surface area contributed by atoms with Gasteiger partial charge in [-0.2, -0.15) is 8.78 Å². The number of hydrogen-bond acceptors (Lipinski definition) is 3. The molecule has 5 heteroatoms. The van der Waals surface area contributed by atoms with Crippen molar-refractivity contribution in [2.24, 2.45) is 5.92 Å². The first-order chi connectivity index (χ1) is 8.77. The van der Waals surface area contributed by atoms with Gasteiger partial charge in [-0.3, -0.25) is 4.79 Å². The summed E-state index contributed by atoms with van der Waals surface area (Å²) >= 11 is 0. The summed E-state index contributed by atoms with van der Waals surface area (Å²) in [7, 11) is 0. The molecular weight excluding hydrogens is 254 g/mol.